The number of ketones is 1. The van der Waals surface area contributed by atoms with Gasteiger partial charge in [0, 0.05) is 17.2 Å². The Bertz CT molecular complexity index is 1510. The number of Topliss-reactive ketones (excluding diaryl/α,β-unsaturated/α-hetero) is 1. The van der Waals surface area contributed by atoms with Crippen molar-refractivity contribution in [3.63, 3.8) is 0 Å². The number of anilines is 1. The minimum atomic E-state index is -1.30. The summed E-state index contributed by atoms with van der Waals surface area (Å²) in [7, 11) is 2.99. The molecule has 3 aromatic carbocycles. The van der Waals surface area contributed by atoms with Crippen LogP contribution in [0, 0.1) is 11.6 Å². The highest BCUT2D eigenvalue weighted by Gasteiger charge is 2.48. The molecule has 0 radical (unpaired) electrons. The molecule has 7 nitrogen and oxygen atoms in total. The Morgan fingerprint density at radius 1 is 0.925 bits per heavy atom. The van der Waals surface area contributed by atoms with Crippen LogP contribution in [0.4, 0.5) is 14.5 Å². The largest absolute Gasteiger partial charge is 0.507 e. The molecule has 1 fully saturated rings. The lowest BCUT2D eigenvalue weighted by Crippen LogP contribution is -2.30. The first-order valence-corrected chi connectivity index (χ1v) is 12.7. The number of benzene rings is 3. The van der Waals surface area contributed by atoms with Crippen LogP contribution in [0.5, 0.6) is 17.2 Å². The average Bonchev–Trinajstić information content (AvgIpc) is 3.18. The van der Waals surface area contributed by atoms with Gasteiger partial charge < -0.3 is 19.3 Å². The van der Waals surface area contributed by atoms with Gasteiger partial charge in [-0.2, -0.15) is 0 Å². The van der Waals surface area contributed by atoms with Crippen LogP contribution < -0.4 is 19.1 Å². The van der Waals surface area contributed by atoms with Crippen LogP contribution in [0.25, 0.3) is 5.76 Å². The first-order chi connectivity index (χ1) is 18.9. The third kappa shape index (κ3) is 5.11. The van der Waals surface area contributed by atoms with Crippen molar-refractivity contribution in [2.45, 2.75) is 39.2 Å². The van der Waals surface area contributed by atoms with Crippen LogP contribution >= 0.6 is 0 Å². The van der Waals surface area contributed by atoms with Gasteiger partial charge in [-0.3, -0.25) is 14.5 Å². The van der Waals surface area contributed by atoms with E-state index in [1.807, 2.05) is 20.8 Å². The summed E-state index contributed by atoms with van der Waals surface area (Å²) in [5, 5.41) is 11.6. The maximum atomic E-state index is 15.0. The summed E-state index contributed by atoms with van der Waals surface area (Å²) < 4.78 is 45.8. The van der Waals surface area contributed by atoms with Crippen molar-refractivity contribution in [3.8, 4) is 17.2 Å². The number of aliphatic hydroxyl groups excluding tert-OH is 1. The molecule has 3 aromatic rings. The Kier molecular flexibility index (Phi) is 7.86. The number of amides is 1. The molecule has 1 unspecified atom stereocenters. The van der Waals surface area contributed by atoms with Crippen molar-refractivity contribution in [2.75, 3.05) is 25.7 Å². The second-order valence-corrected chi connectivity index (χ2v) is 10.3. The van der Waals surface area contributed by atoms with Gasteiger partial charge in [-0.1, -0.05) is 26.8 Å². The normalized spacial score (nSPS) is 16.8. The van der Waals surface area contributed by atoms with Crippen LogP contribution in [-0.2, 0) is 15.0 Å². The van der Waals surface area contributed by atoms with E-state index in [0.29, 0.717) is 29.4 Å². The molecule has 0 aliphatic carbocycles. The summed E-state index contributed by atoms with van der Waals surface area (Å²) in [6.07, 6.45) is 0. The van der Waals surface area contributed by atoms with Crippen molar-refractivity contribution >= 4 is 23.1 Å². The number of halogens is 2. The monoisotopic (exact) mass is 551 g/mol. The van der Waals surface area contributed by atoms with E-state index in [1.54, 1.807) is 43.3 Å². The van der Waals surface area contributed by atoms with Gasteiger partial charge in [0.25, 0.3) is 11.7 Å². The zero-order valence-electron chi connectivity index (χ0n) is 23.2. The third-order valence-corrected chi connectivity index (χ3v) is 6.70. The second kappa shape index (κ2) is 11.0. The number of carbonyl (C=O) groups excluding carboxylic acids is 2. The first kappa shape index (κ1) is 28.6. The topological polar surface area (TPSA) is 85.3 Å². The second-order valence-electron chi connectivity index (χ2n) is 10.3. The van der Waals surface area contributed by atoms with E-state index in [1.165, 1.54) is 14.2 Å². The van der Waals surface area contributed by atoms with Crippen molar-refractivity contribution in [1.82, 2.24) is 0 Å². The predicted octanol–water partition coefficient (Wildman–Crippen LogP) is 6.30. The van der Waals surface area contributed by atoms with E-state index in [2.05, 4.69) is 0 Å². The molecular formula is C31H31F2NO6. The molecule has 1 amide bonds. The number of hydrogen-bond acceptors (Lipinski definition) is 6. The summed E-state index contributed by atoms with van der Waals surface area (Å²) in [6.45, 7) is 7.96. The minimum Gasteiger partial charge on any atom is -0.507 e. The molecule has 9 heteroatoms. The number of hydrogen-bond donors (Lipinski definition) is 1. The Hall–Kier alpha value is -4.40. The maximum Gasteiger partial charge on any atom is 0.300 e. The minimum absolute atomic E-state index is 0.256. The molecule has 1 N–H and O–H groups in total. The molecule has 40 heavy (non-hydrogen) atoms. The van der Waals surface area contributed by atoms with Crippen molar-refractivity contribution in [2.24, 2.45) is 0 Å². The van der Waals surface area contributed by atoms with Crippen LogP contribution in [0.1, 0.15) is 50.4 Å². The number of rotatable bonds is 7. The van der Waals surface area contributed by atoms with Crippen molar-refractivity contribution in [1.29, 1.82) is 0 Å². The zero-order chi connectivity index (χ0) is 29.4. The molecule has 0 aromatic heterocycles. The summed E-state index contributed by atoms with van der Waals surface area (Å²) in [5.41, 5.74) is 0.214. The van der Waals surface area contributed by atoms with E-state index in [4.69, 9.17) is 14.2 Å². The van der Waals surface area contributed by atoms with E-state index < -0.39 is 40.8 Å². The molecule has 1 atom stereocenters. The standard InChI is InChI=1S/C31H31F2NO6/c1-7-40-25-15-17(8-13-24(25)39-6)27-26(28(35)18-9-12-23(38-5)20(14-18)31(2,3)4)29(36)30(37)34(27)22-16-19(32)10-11-21(22)33/h8-16,27,35H,7H2,1-6H3/b28-26+. The molecule has 210 valence electrons. The summed E-state index contributed by atoms with van der Waals surface area (Å²) >= 11 is 0. The fraction of sp³-hybridized carbons (Fsp3) is 0.290. The van der Waals surface area contributed by atoms with Gasteiger partial charge in [-0.25, -0.2) is 8.78 Å². The number of aliphatic hydroxyl groups is 1. The predicted molar refractivity (Wildman–Crippen MR) is 147 cm³/mol. The highest BCUT2D eigenvalue weighted by atomic mass is 19.1. The number of methoxy groups -OCH3 is 2. The molecule has 0 saturated carbocycles. The number of ether oxygens (including phenoxy) is 3. The van der Waals surface area contributed by atoms with E-state index in [9.17, 15) is 19.1 Å². The van der Waals surface area contributed by atoms with Gasteiger partial charge in [0.15, 0.2) is 11.5 Å². The molecule has 1 aliphatic rings. The van der Waals surface area contributed by atoms with Crippen molar-refractivity contribution < 1.29 is 37.7 Å². The lowest BCUT2D eigenvalue weighted by atomic mass is 9.84. The Morgan fingerprint density at radius 2 is 1.60 bits per heavy atom. The summed E-state index contributed by atoms with van der Waals surface area (Å²) in [5.74, 6) is -3.05. The third-order valence-electron chi connectivity index (χ3n) is 6.70. The van der Waals surface area contributed by atoms with Gasteiger partial charge in [0.1, 0.15) is 23.1 Å². The first-order valence-electron chi connectivity index (χ1n) is 12.7. The van der Waals surface area contributed by atoms with E-state index in [-0.39, 0.29) is 16.6 Å². The van der Waals surface area contributed by atoms with Gasteiger partial charge in [0.05, 0.1) is 38.1 Å². The lowest BCUT2D eigenvalue weighted by Gasteiger charge is -2.27. The van der Waals surface area contributed by atoms with Gasteiger partial charge in [0.2, 0.25) is 0 Å². The number of carbonyl (C=O) groups is 2. The Morgan fingerprint density at radius 3 is 2.23 bits per heavy atom. The molecule has 1 heterocycles. The smallest absolute Gasteiger partial charge is 0.300 e. The quantitative estimate of drug-likeness (QED) is 0.211. The fourth-order valence-electron chi connectivity index (χ4n) is 4.80. The van der Waals surface area contributed by atoms with Gasteiger partial charge in [-0.15, -0.1) is 0 Å². The summed E-state index contributed by atoms with van der Waals surface area (Å²) in [4.78, 5) is 27.8. The van der Waals surface area contributed by atoms with E-state index >= 15 is 4.39 Å². The molecule has 0 bridgehead atoms. The average molecular weight is 552 g/mol. The van der Waals surface area contributed by atoms with E-state index in [0.717, 1.165) is 28.7 Å². The molecule has 0 spiro atoms. The zero-order valence-corrected chi connectivity index (χ0v) is 23.2. The Labute approximate surface area is 231 Å². The van der Waals surface area contributed by atoms with Crippen LogP contribution in [-0.4, -0.2) is 37.6 Å². The van der Waals surface area contributed by atoms with Crippen LogP contribution in [0.2, 0.25) is 0 Å². The fourth-order valence-corrected chi connectivity index (χ4v) is 4.80. The molecule has 1 aliphatic heterocycles. The van der Waals surface area contributed by atoms with Crippen LogP contribution in [0.15, 0.2) is 60.2 Å². The molecular weight excluding hydrogens is 520 g/mol. The highest BCUT2D eigenvalue weighted by molar-refractivity contribution is 6.51. The molecule has 1 saturated heterocycles. The number of nitrogens with zero attached hydrogens (tertiary/aromatic N) is 1. The van der Waals surface area contributed by atoms with Gasteiger partial charge >= 0.3 is 0 Å². The summed E-state index contributed by atoms with van der Waals surface area (Å²) in [6, 6.07) is 10.9. The Balaban J connectivity index is 2.02. The molecule has 4 rings (SSSR count). The van der Waals surface area contributed by atoms with Gasteiger partial charge in [-0.05, 0) is 60.4 Å². The lowest BCUT2D eigenvalue weighted by molar-refractivity contribution is -0.132. The highest BCUT2D eigenvalue weighted by Crippen LogP contribution is 2.45. The SMILES string of the molecule is CCOc1cc(C2/C(=C(\O)c3ccc(OC)c(C(C)(C)C)c3)C(=O)C(=O)N2c2cc(F)ccc2F)ccc1OC. The van der Waals surface area contributed by atoms with Crippen LogP contribution in [0.3, 0.4) is 0 Å². The maximum absolute atomic E-state index is 15.0. The van der Waals surface area contributed by atoms with Crippen molar-refractivity contribution in [3.05, 3.63) is 88.5 Å².